The fourth-order valence-electron chi connectivity index (χ4n) is 1.66. The molecule has 0 aliphatic heterocycles. The summed E-state index contributed by atoms with van der Waals surface area (Å²) in [5.74, 6) is 1.11. The second kappa shape index (κ2) is 10.8. The fraction of sp³-hybridized carbons (Fsp3) is 0.562. The molecule has 0 radical (unpaired) electrons. The van der Waals surface area contributed by atoms with Gasteiger partial charge in [0.1, 0.15) is 0 Å². The molecule has 0 aliphatic rings. The zero-order valence-corrected chi connectivity index (χ0v) is 15.8. The van der Waals surface area contributed by atoms with E-state index in [1.807, 2.05) is 6.07 Å². The summed E-state index contributed by atoms with van der Waals surface area (Å²) in [5.41, 5.74) is 9.31. The van der Waals surface area contributed by atoms with Crippen LogP contribution in [0, 0.1) is 19.8 Å². The topological polar surface area (TPSA) is 59.6 Å². The molecule has 0 aliphatic carbocycles. The zero-order valence-electron chi connectivity index (χ0n) is 13.5. The lowest BCUT2D eigenvalue weighted by atomic mass is 10.1. The standard InChI is InChI=1S/C16H27N3O.HI/c1-12(2)7-9-20-10-8-18-16(17)19-15-6-5-13(3)14(4)11-15;/h5-6,11-12H,7-10H2,1-4H3,(H3,17,18,19);1H. The van der Waals surface area contributed by atoms with Gasteiger partial charge < -0.3 is 15.8 Å². The number of ether oxygens (including phenoxy) is 1. The van der Waals surface area contributed by atoms with Gasteiger partial charge in [-0.15, -0.1) is 24.0 Å². The molecule has 3 N–H and O–H groups in total. The van der Waals surface area contributed by atoms with Crippen molar-refractivity contribution in [1.82, 2.24) is 0 Å². The van der Waals surface area contributed by atoms with Crippen LogP contribution >= 0.6 is 24.0 Å². The van der Waals surface area contributed by atoms with Gasteiger partial charge >= 0.3 is 0 Å². The van der Waals surface area contributed by atoms with Gasteiger partial charge in [-0.1, -0.05) is 19.9 Å². The summed E-state index contributed by atoms with van der Waals surface area (Å²) in [5, 5.41) is 3.09. The van der Waals surface area contributed by atoms with Crippen molar-refractivity contribution in [2.75, 3.05) is 25.1 Å². The lowest BCUT2D eigenvalue weighted by molar-refractivity contribution is 0.131. The van der Waals surface area contributed by atoms with Gasteiger partial charge in [0, 0.05) is 12.3 Å². The van der Waals surface area contributed by atoms with Crippen LogP contribution in [-0.2, 0) is 4.74 Å². The molecule has 120 valence electrons. The van der Waals surface area contributed by atoms with E-state index in [9.17, 15) is 0 Å². The highest BCUT2D eigenvalue weighted by Crippen LogP contribution is 2.13. The van der Waals surface area contributed by atoms with Gasteiger partial charge in [-0.25, -0.2) is 0 Å². The lowest BCUT2D eigenvalue weighted by Gasteiger charge is -2.08. The molecule has 5 heteroatoms. The molecule has 0 atom stereocenters. The van der Waals surface area contributed by atoms with Gasteiger partial charge in [-0.05, 0) is 49.4 Å². The number of aliphatic imine (C=N–C) groups is 1. The van der Waals surface area contributed by atoms with Crippen LogP contribution in [0.5, 0.6) is 0 Å². The molecule has 0 heterocycles. The Morgan fingerprint density at radius 1 is 1.24 bits per heavy atom. The third-order valence-electron chi connectivity index (χ3n) is 3.14. The van der Waals surface area contributed by atoms with Gasteiger partial charge in [0.05, 0.1) is 13.2 Å². The molecule has 0 aromatic heterocycles. The van der Waals surface area contributed by atoms with Crippen molar-refractivity contribution in [2.24, 2.45) is 16.6 Å². The molecule has 0 saturated heterocycles. The summed E-state index contributed by atoms with van der Waals surface area (Å²) in [7, 11) is 0. The number of hydrogen-bond acceptors (Lipinski definition) is 2. The van der Waals surface area contributed by atoms with Gasteiger partial charge in [-0.2, -0.15) is 0 Å². The minimum Gasteiger partial charge on any atom is -0.380 e. The number of nitrogens with zero attached hydrogens (tertiary/aromatic N) is 1. The average molecular weight is 405 g/mol. The van der Waals surface area contributed by atoms with Crippen LogP contribution in [0.1, 0.15) is 31.4 Å². The van der Waals surface area contributed by atoms with Crippen LogP contribution < -0.4 is 11.1 Å². The molecule has 21 heavy (non-hydrogen) atoms. The molecule has 0 fully saturated rings. The highest BCUT2D eigenvalue weighted by molar-refractivity contribution is 14.0. The normalized spacial score (nSPS) is 11.4. The first-order chi connectivity index (χ1) is 9.49. The van der Waals surface area contributed by atoms with Gasteiger partial charge in [-0.3, -0.25) is 4.99 Å². The molecule has 0 spiro atoms. The van der Waals surface area contributed by atoms with Crippen molar-refractivity contribution in [3.63, 3.8) is 0 Å². The number of halogens is 1. The smallest absolute Gasteiger partial charge is 0.193 e. The number of nitrogens with two attached hydrogens (primary N) is 1. The first kappa shape index (κ1) is 20.2. The van der Waals surface area contributed by atoms with Gasteiger partial charge in [0.15, 0.2) is 5.96 Å². The second-order valence-corrected chi connectivity index (χ2v) is 5.49. The quantitative estimate of drug-likeness (QED) is 0.315. The summed E-state index contributed by atoms with van der Waals surface area (Å²) < 4.78 is 5.49. The number of aryl methyl sites for hydroxylation is 2. The molecule has 0 amide bonds. The van der Waals surface area contributed by atoms with Crippen molar-refractivity contribution in [2.45, 2.75) is 34.1 Å². The van der Waals surface area contributed by atoms with Crippen LogP contribution in [0.3, 0.4) is 0 Å². The van der Waals surface area contributed by atoms with E-state index < -0.39 is 0 Å². The van der Waals surface area contributed by atoms with Crippen molar-refractivity contribution in [3.8, 4) is 0 Å². The molecular weight excluding hydrogens is 377 g/mol. The van der Waals surface area contributed by atoms with Crippen molar-refractivity contribution >= 4 is 35.6 Å². The van der Waals surface area contributed by atoms with E-state index >= 15 is 0 Å². The third-order valence-corrected chi connectivity index (χ3v) is 3.14. The minimum atomic E-state index is 0. The molecule has 0 bridgehead atoms. The first-order valence-corrected chi connectivity index (χ1v) is 7.21. The number of benzene rings is 1. The number of anilines is 1. The van der Waals surface area contributed by atoms with Gasteiger partial charge in [0.2, 0.25) is 0 Å². The monoisotopic (exact) mass is 405 g/mol. The SMILES string of the molecule is Cc1ccc(NC(N)=NCCOCCC(C)C)cc1C.I. The largest absolute Gasteiger partial charge is 0.380 e. The Balaban J connectivity index is 0.00000400. The Kier molecular flexibility index (Phi) is 10.4. The number of guanidine groups is 1. The highest BCUT2D eigenvalue weighted by Gasteiger charge is 1.98. The predicted molar refractivity (Wildman–Crippen MR) is 102 cm³/mol. The van der Waals surface area contributed by atoms with E-state index in [0.29, 0.717) is 25.0 Å². The summed E-state index contributed by atoms with van der Waals surface area (Å²) in [4.78, 5) is 4.25. The molecule has 1 aromatic carbocycles. The summed E-state index contributed by atoms with van der Waals surface area (Å²) in [6.45, 7) is 10.5. The Morgan fingerprint density at radius 3 is 2.57 bits per heavy atom. The van der Waals surface area contributed by atoms with Crippen LogP contribution in [0.25, 0.3) is 0 Å². The van der Waals surface area contributed by atoms with Crippen LogP contribution in [0.2, 0.25) is 0 Å². The van der Waals surface area contributed by atoms with Crippen molar-refractivity contribution in [3.05, 3.63) is 29.3 Å². The van der Waals surface area contributed by atoms with E-state index in [1.165, 1.54) is 11.1 Å². The molecule has 1 rings (SSSR count). The molecule has 0 unspecified atom stereocenters. The molecule has 1 aromatic rings. The Bertz CT molecular complexity index is 447. The number of rotatable bonds is 7. The maximum Gasteiger partial charge on any atom is 0.193 e. The first-order valence-electron chi connectivity index (χ1n) is 7.21. The van der Waals surface area contributed by atoms with Crippen LogP contribution in [-0.4, -0.2) is 25.7 Å². The van der Waals surface area contributed by atoms with E-state index in [-0.39, 0.29) is 24.0 Å². The van der Waals surface area contributed by atoms with E-state index in [0.717, 1.165) is 18.7 Å². The van der Waals surface area contributed by atoms with Crippen molar-refractivity contribution in [1.29, 1.82) is 0 Å². The predicted octanol–water partition coefficient (Wildman–Crippen LogP) is 3.71. The Labute approximate surface area is 145 Å². The van der Waals surface area contributed by atoms with E-state index in [2.05, 4.69) is 50.1 Å². The van der Waals surface area contributed by atoms with E-state index in [1.54, 1.807) is 0 Å². The van der Waals surface area contributed by atoms with Gasteiger partial charge in [0.25, 0.3) is 0 Å². The fourth-order valence-corrected chi connectivity index (χ4v) is 1.66. The van der Waals surface area contributed by atoms with E-state index in [4.69, 9.17) is 10.5 Å². The Hall–Kier alpha value is -0.820. The maximum absolute atomic E-state index is 5.84. The zero-order chi connectivity index (χ0) is 15.0. The van der Waals surface area contributed by atoms with Crippen LogP contribution in [0.4, 0.5) is 5.69 Å². The lowest BCUT2D eigenvalue weighted by Crippen LogP contribution is -2.23. The second-order valence-electron chi connectivity index (χ2n) is 5.49. The third kappa shape index (κ3) is 8.93. The summed E-state index contributed by atoms with van der Waals surface area (Å²) in [6, 6.07) is 6.14. The number of hydrogen-bond donors (Lipinski definition) is 2. The van der Waals surface area contributed by atoms with Crippen molar-refractivity contribution < 1.29 is 4.74 Å². The highest BCUT2D eigenvalue weighted by atomic mass is 127. The molecular formula is C16H28IN3O. The molecule has 4 nitrogen and oxygen atoms in total. The molecule has 0 saturated carbocycles. The Morgan fingerprint density at radius 2 is 1.95 bits per heavy atom. The average Bonchev–Trinajstić information content (AvgIpc) is 2.38. The minimum absolute atomic E-state index is 0. The summed E-state index contributed by atoms with van der Waals surface area (Å²) in [6.07, 6.45) is 1.08. The summed E-state index contributed by atoms with van der Waals surface area (Å²) >= 11 is 0. The maximum atomic E-state index is 5.84. The number of nitrogens with one attached hydrogen (secondary N) is 1. The van der Waals surface area contributed by atoms with Crippen LogP contribution in [0.15, 0.2) is 23.2 Å².